The van der Waals surface area contributed by atoms with Gasteiger partial charge in [0.1, 0.15) is 0 Å². The van der Waals surface area contributed by atoms with Crippen LogP contribution in [0.5, 0.6) is 0 Å². The van der Waals surface area contributed by atoms with Gasteiger partial charge >= 0.3 is 0 Å². The van der Waals surface area contributed by atoms with Crippen LogP contribution in [0.2, 0.25) is 0 Å². The molecule has 1 aliphatic rings. The number of allylic oxidation sites excluding steroid dienone is 2. The molecule has 0 aliphatic heterocycles. The van der Waals surface area contributed by atoms with Crippen molar-refractivity contribution in [1.82, 2.24) is 0 Å². The fourth-order valence-electron chi connectivity index (χ4n) is 1.43. The summed E-state index contributed by atoms with van der Waals surface area (Å²) in [5, 5.41) is 10.3. The molecule has 0 spiro atoms. The first kappa shape index (κ1) is 9.53. The van der Waals surface area contributed by atoms with Crippen LogP contribution in [-0.4, -0.2) is 10.7 Å². The lowest BCUT2D eigenvalue weighted by atomic mass is 9.71. The van der Waals surface area contributed by atoms with E-state index in [0.717, 1.165) is 6.42 Å². The molecule has 0 aromatic carbocycles. The van der Waals surface area contributed by atoms with E-state index in [9.17, 15) is 5.11 Å². The van der Waals surface area contributed by atoms with E-state index in [2.05, 4.69) is 33.8 Å². The molecule has 0 saturated carbocycles. The normalized spacial score (nSPS) is 30.2. The van der Waals surface area contributed by atoms with Gasteiger partial charge in [0.25, 0.3) is 0 Å². The van der Waals surface area contributed by atoms with Gasteiger partial charge in [0.2, 0.25) is 0 Å². The Hall–Kier alpha value is -0.560. The van der Waals surface area contributed by atoms with E-state index in [4.69, 9.17) is 0 Å². The predicted molar refractivity (Wildman–Crippen MR) is 51.9 cm³/mol. The van der Waals surface area contributed by atoms with E-state index in [1.165, 1.54) is 5.57 Å². The SMILES string of the molecule is CC1=CC=CC(O)(C(C)(C)C)C1. The van der Waals surface area contributed by atoms with E-state index in [1.807, 2.05) is 12.2 Å². The maximum absolute atomic E-state index is 10.3. The first-order chi connectivity index (χ1) is 5.35. The van der Waals surface area contributed by atoms with Crippen LogP contribution in [0.1, 0.15) is 34.1 Å². The maximum atomic E-state index is 10.3. The van der Waals surface area contributed by atoms with Gasteiger partial charge in [-0.15, -0.1) is 0 Å². The molecule has 0 aromatic rings. The second-order valence-corrected chi connectivity index (χ2v) is 4.72. The smallest absolute Gasteiger partial charge is 0.0915 e. The van der Waals surface area contributed by atoms with E-state index in [0.29, 0.717) is 0 Å². The van der Waals surface area contributed by atoms with Gasteiger partial charge in [-0.05, 0) is 12.3 Å². The van der Waals surface area contributed by atoms with Crippen molar-refractivity contribution < 1.29 is 5.11 Å². The minimum Gasteiger partial charge on any atom is -0.385 e. The Morgan fingerprint density at radius 2 is 2.00 bits per heavy atom. The highest BCUT2D eigenvalue weighted by Gasteiger charge is 2.38. The van der Waals surface area contributed by atoms with E-state index in [1.54, 1.807) is 0 Å². The average molecular weight is 166 g/mol. The summed E-state index contributed by atoms with van der Waals surface area (Å²) in [5.74, 6) is 0. The Bertz CT molecular complexity index is 230. The lowest BCUT2D eigenvalue weighted by Gasteiger charge is -2.39. The Labute approximate surface area is 74.8 Å². The van der Waals surface area contributed by atoms with Crippen molar-refractivity contribution in [1.29, 1.82) is 0 Å². The van der Waals surface area contributed by atoms with Crippen LogP contribution in [0.3, 0.4) is 0 Å². The van der Waals surface area contributed by atoms with Crippen molar-refractivity contribution in [2.45, 2.75) is 39.7 Å². The van der Waals surface area contributed by atoms with Gasteiger partial charge in [-0.2, -0.15) is 0 Å². The molecule has 0 bridgehead atoms. The average Bonchev–Trinajstić information content (AvgIpc) is 1.83. The van der Waals surface area contributed by atoms with Gasteiger partial charge in [0, 0.05) is 6.42 Å². The minimum atomic E-state index is -0.661. The molecule has 12 heavy (non-hydrogen) atoms. The van der Waals surface area contributed by atoms with Gasteiger partial charge in [-0.3, -0.25) is 0 Å². The Morgan fingerprint density at radius 3 is 2.33 bits per heavy atom. The molecule has 1 heteroatoms. The summed E-state index contributed by atoms with van der Waals surface area (Å²) in [5.41, 5.74) is 0.500. The highest BCUT2D eigenvalue weighted by Crippen LogP contribution is 2.38. The second kappa shape index (κ2) is 2.74. The third-order valence-corrected chi connectivity index (χ3v) is 2.60. The Morgan fingerprint density at radius 1 is 1.42 bits per heavy atom. The van der Waals surface area contributed by atoms with Crippen molar-refractivity contribution in [2.24, 2.45) is 5.41 Å². The number of aliphatic hydroxyl groups is 1. The van der Waals surface area contributed by atoms with Crippen molar-refractivity contribution in [2.75, 3.05) is 0 Å². The summed E-state index contributed by atoms with van der Waals surface area (Å²) >= 11 is 0. The molecule has 1 aliphatic carbocycles. The summed E-state index contributed by atoms with van der Waals surface area (Å²) in [4.78, 5) is 0. The Kier molecular flexibility index (Phi) is 2.17. The van der Waals surface area contributed by atoms with E-state index in [-0.39, 0.29) is 5.41 Å². The maximum Gasteiger partial charge on any atom is 0.0915 e. The highest BCUT2D eigenvalue weighted by atomic mass is 16.3. The van der Waals surface area contributed by atoms with Crippen LogP contribution >= 0.6 is 0 Å². The molecule has 0 aromatic heterocycles. The van der Waals surface area contributed by atoms with Gasteiger partial charge < -0.3 is 5.11 Å². The highest BCUT2D eigenvalue weighted by molar-refractivity contribution is 5.25. The number of hydrogen-bond donors (Lipinski definition) is 1. The van der Waals surface area contributed by atoms with Crippen molar-refractivity contribution in [3.63, 3.8) is 0 Å². The standard InChI is InChI=1S/C11H18O/c1-9-6-5-7-11(12,8-9)10(2,3)4/h5-7,12H,8H2,1-4H3. The van der Waals surface area contributed by atoms with Crippen LogP contribution in [0.25, 0.3) is 0 Å². The van der Waals surface area contributed by atoms with Crippen LogP contribution in [0.4, 0.5) is 0 Å². The third-order valence-electron chi connectivity index (χ3n) is 2.60. The molecule has 1 unspecified atom stereocenters. The molecule has 1 nitrogen and oxygen atoms in total. The quantitative estimate of drug-likeness (QED) is 0.586. The lowest BCUT2D eigenvalue weighted by molar-refractivity contribution is -0.0141. The fraction of sp³-hybridized carbons (Fsp3) is 0.636. The first-order valence-electron chi connectivity index (χ1n) is 4.42. The van der Waals surface area contributed by atoms with Crippen LogP contribution < -0.4 is 0 Å². The summed E-state index contributed by atoms with van der Waals surface area (Å²) in [6.45, 7) is 8.25. The molecular weight excluding hydrogens is 148 g/mol. The molecule has 0 saturated heterocycles. The molecule has 1 atom stereocenters. The zero-order chi connectivity index (χ0) is 9.41. The molecule has 0 amide bonds. The fourth-order valence-corrected chi connectivity index (χ4v) is 1.43. The molecule has 1 N–H and O–H groups in total. The van der Waals surface area contributed by atoms with Gasteiger partial charge in [0.15, 0.2) is 0 Å². The second-order valence-electron chi connectivity index (χ2n) is 4.72. The van der Waals surface area contributed by atoms with Gasteiger partial charge in [-0.1, -0.05) is 44.6 Å². The Balaban J connectivity index is 2.90. The van der Waals surface area contributed by atoms with Crippen LogP contribution in [0, 0.1) is 5.41 Å². The molecule has 1 rings (SSSR count). The predicted octanol–water partition coefficient (Wildman–Crippen LogP) is 2.67. The number of rotatable bonds is 0. The summed E-state index contributed by atoms with van der Waals surface area (Å²) in [7, 11) is 0. The summed E-state index contributed by atoms with van der Waals surface area (Å²) in [6.07, 6.45) is 6.66. The van der Waals surface area contributed by atoms with E-state index >= 15 is 0 Å². The zero-order valence-corrected chi connectivity index (χ0v) is 8.39. The molecular formula is C11H18O. The van der Waals surface area contributed by atoms with Crippen LogP contribution in [0.15, 0.2) is 23.8 Å². The summed E-state index contributed by atoms with van der Waals surface area (Å²) < 4.78 is 0. The van der Waals surface area contributed by atoms with Crippen molar-refractivity contribution in [3.05, 3.63) is 23.8 Å². The minimum absolute atomic E-state index is 0.0843. The zero-order valence-electron chi connectivity index (χ0n) is 8.39. The topological polar surface area (TPSA) is 20.2 Å². The number of hydrogen-bond acceptors (Lipinski definition) is 1. The molecule has 0 heterocycles. The largest absolute Gasteiger partial charge is 0.385 e. The van der Waals surface area contributed by atoms with Crippen molar-refractivity contribution in [3.8, 4) is 0 Å². The van der Waals surface area contributed by atoms with Crippen molar-refractivity contribution >= 4 is 0 Å². The molecule has 68 valence electrons. The summed E-state index contributed by atoms with van der Waals surface area (Å²) in [6, 6.07) is 0. The molecule has 0 radical (unpaired) electrons. The van der Waals surface area contributed by atoms with Gasteiger partial charge in [-0.25, -0.2) is 0 Å². The monoisotopic (exact) mass is 166 g/mol. The lowest BCUT2D eigenvalue weighted by Crippen LogP contribution is -2.41. The van der Waals surface area contributed by atoms with E-state index < -0.39 is 5.60 Å². The molecule has 0 fully saturated rings. The third kappa shape index (κ3) is 1.61. The van der Waals surface area contributed by atoms with Gasteiger partial charge in [0.05, 0.1) is 5.60 Å². The van der Waals surface area contributed by atoms with Crippen LogP contribution in [-0.2, 0) is 0 Å². The first-order valence-corrected chi connectivity index (χ1v) is 4.42.